The van der Waals surface area contributed by atoms with E-state index in [1.807, 2.05) is 0 Å². The Bertz CT molecular complexity index is 461. The van der Waals surface area contributed by atoms with Gasteiger partial charge < -0.3 is 20.5 Å². The summed E-state index contributed by atoms with van der Waals surface area (Å²) in [4.78, 5) is 10.8. The first kappa shape index (κ1) is 12.6. The SMILES string of the molecule is COc1cc(NC2(CC(=O)O)CNC2)ccc1F. The maximum atomic E-state index is 13.2. The van der Waals surface area contributed by atoms with Gasteiger partial charge in [-0.1, -0.05) is 0 Å². The molecule has 0 bridgehead atoms. The molecule has 0 atom stereocenters. The van der Waals surface area contributed by atoms with Gasteiger partial charge in [-0.15, -0.1) is 0 Å². The molecule has 1 saturated heterocycles. The monoisotopic (exact) mass is 254 g/mol. The van der Waals surface area contributed by atoms with Crippen molar-refractivity contribution in [3.63, 3.8) is 0 Å². The molecule has 3 N–H and O–H groups in total. The normalized spacial score (nSPS) is 16.8. The van der Waals surface area contributed by atoms with Gasteiger partial charge in [-0.2, -0.15) is 0 Å². The van der Waals surface area contributed by atoms with Crippen molar-refractivity contribution in [3.05, 3.63) is 24.0 Å². The van der Waals surface area contributed by atoms with Gasteiger partial charge in [-0.05, 0) is 12.1 Å². The Hall–Kier alpha value is -1.82. The van der Waals surface area contributed by atoms with Crippen molar-refractivity contribution < 1.29 is 19.0 Å². The zero-order valence-electron chi connectivity index (χ0n) is 10.00. The molecule has 6 heteroatoms. The first-order valence-electron chi connectivity index (χ1n) is 5.59. The number of ether oxygens (including phenoxy) is 1. The molecule has 1 heterocycles. The molecule has 1 fully saturated rings. The lowest BCUT2D eigenvalue weighted by Crippen LogP contribution is -2.65. The van der Waals surface area contributed by atoms with Crippen LogP contribution in [0, 0.1) is 5.82 Å². The van der Waals surface area contributed by atoms with Crippen LogP contribution in [0.25, 0.3) is 0 Å². The van der Waals surface area contributed by atoms with Gasteiger partial charge in [0.15, 0.2) is 11.6 Å². The third-order valence-corrected chi connectivity index (χ3v) is 2.98. The zero-order valence-corrected chi connectivity index (χ0v) is 10.00. The molecule has 0 amide bonds. The summed E-state index contributed by atoms with van der Waals surface area (Å²) in [7, 11) is 1.39. The van der Waals surface area contributed by atoms with E-state index in [0.29, 0.717) is 18.8 Å². The summed E-state index contributed by atoms with van der Waals surface area (Å²) in [6, 6.07) is 4.39. The van der Waals surface area contributed by atoms with E-state index in [2.05, 4.69) is 10.6 Å². The number of hydrogen-bond donors (Lipinski definition) is 3. The Balaban J connectivity index is 2.14. The van der Waals surface area contributed by atoms with Crippen LogP contribution in [0.5, 0.6) is 5.75 Å². The molecule has 1 aliphatic rings. The van der Waals surface area contributed by atoms with Gasteiger partial charge in [0.05, 0.1) is 19.1 Å². The smallest absolute Gasteiger partial charge is 0.305 e. The lowest BCUT2D eigenvalue weighted by molar-refractivity contribution is -0.138. The first-order chi connectivity index (χ1) is 8.54. The van der Waals surface area contributed by atoms with Crippen molar-refractivity contribution in [3.8, 4) is 5.75 Å². The lowest BCUT2D eigenvalue weighted by atomic mass is 9.88. The van der Waals surface area contributed by atoms with Crippen LogP contribution in [0.1, 0.15) is 6.42 Å². The van der Waals surface area contributed by atoms with E-state index in [1.54, 1.807) is 6.07 Å². The van der Waals surface area contributed by atoms with Gasteiger partial charge in [0.2, 0.25) is 0 Å². The third-order valence-electron chi connectivity index (χ3n) is 2.98. The van der Waals surface area contributed by atoms with Crippen LogP contribution >= 0.6 is 0 Å². The van der Waals surface area contributed by atoms with Gasteiger partial charge in [0.25, 0.3) is 0 Å². The average molecular weight is 254 g/mol. The van der Waals surface area contributed by atoms with Crippen molar-refractivity contribution in [1.29, 1.82) is 0 Å². The molecular formula is C12H15FN2O3. The molecule has 1 aromatic rings. The molecule has 0 aromatic heterocycles. The Labute approximate surface area is 104 Å². The number of aliphatic carboxylic acids is 1. The number of anilines is 1. The standard InChI is InChI=1S/C12H15FN2O3/c1-18-10-4-8(2-3-9(10)13)15-12(5-11(16)17)6-14-7-12/h2-4,14-15H,5-7H2,1H3,(H,16,17). The Morgan fingerprint density at radius 2 is 2.33 bits per heavy atom. The van der Waals surface area contributed by atoms with E-state index in [0.717, 1.165) is 0 Å². The number of methoxy groups -OCH3 is 1. The highest BCUT2D eigenvalue weighted by atomic mass is 19.1. The molecule has 0 radical (unpaired) electrons. The van der Waals surface area contributed by atoms with Crippen LogP contribution in [0.4, 0.5) is 10.1 Å². The number of carboxylic acids is 1. The van der Waals surface area contributed by atoms with Crippen molar-refractivity contribution in [2.24, 2.45) is 0 Å². The molecule has 2 rings (SSSR count). The fourth-order valence-corrected chi connectivity index (χ4v) is 2.02. The first-order valence-corrected chi connectivity index (χ1v) is 5.59. The van der Waals surface area contributed by atoms with E-state index in [1.165, 1.54) is 19.2 Å². The second-order valence-corrected chi connectivity index (χ2v) is 4.43. The minimum atomic E-state index is -0.863. The van der Waals surface area contributed by atoms with Gasteiger partial charge >= 0.3 is 5.97 Å². The number of rotatable bonds is 5. The quantitative estimate of drug-likeness (QED) is 0.733. The van der Waals surface area contributed by atoms with Crippen molar-refractivity contribution in [2.45, 2.75) is 12.0 Å². The van der Waals surface area contributed by atoms with Crippen molar-refractivity contribution in [2.75, 3.05) is 25.5 Å². The number of carboxylic acid groups (broad SMARTS) is 1. The Kier molecular flexibility index (Phi) is 3.38. The maximum absolute atomic E-state index is 13.2. The summed E-state index contributed by atoms with van der Waals surface area (Å²) < 4.78 is 18.1. The van der Waals surface area contributed by atoms with Gasteiger partial charge in [0.1, 0.15) is 0 Å². The minimum absolute atomic E-state index is 0.0136. The summed E-state index contributed by atoms with van der Waals surface area (Å²) in [5.41, 5.74) is 0.144. The Morgan fingerprint density at radius 3 is 2.83 bits per heavy atom. The highest BCUT2D eigenvalue weighted by molar-refractivity contribution is 5.70. The Morgan fingerprint density at radius 1 is 1.61 bits per heavy atom. The second kappa shape index (κ2) is 4.81. The highest BCUT2D eigenvalue weighted by Gasteiger charge is 2.39. The molecule has 5 nitrogen and oxygen atoms in total. The molecule has 0 spiro atoms. The topological polar surface area (TPSA) is 70.6 Å². The zero-order chi connectivity index (χ0) is 13.2. The number of nitrogens with one attached hydrogen (secondary N) is 2. The molecule has 1 aliphatic heterocycles. The molecule has 0 saturated carbocycles. The number of carbonyl (C=O) groups is 1. The van der Waals surface area contributed by atoms with Gasteiger partial charge in [-0.3, -0.25) is 4.79 Å². The highest BCUT2D eigenvalue weighted by Crippen LogP contribution is 2.27. The molecule has 0 aliphatic carbocycles. The van der Waals surface area contributed by atoms with Gasteiger partial charge in [-0.25, -0.2) is 4.39 Å². The van der Waals surface area contributed by atoms with Crippen molar-refractivity contribution in [1.82, 2.24) is 5.32 Å². The molecule has 18 heavy (non-hydrogen) atoms. The summed E-state index contributed by atoms with van der Waals surface area (Å²) in [6.07, 6.45) is 0.0136. The van der Waals surface area contributed by atoms with E-state index in [4.69, 9.17) is 9.84 Å². The number of halogens is 1. The van der Waals surface area contributed by atoms with E-state index in [9.17, 15) is 9.18 Å². The predicted molar refractivity (Wildman–Crippen MR) is 64.4 cm³/mol. The second-order valence-electron chi connectivity index (χ2n) is 4.43. The minimum Gasteiger partial charge on any atom is -0.494 e. The summed E-state index contributed by atoms with van der Waals surface area (Å²) in [6.45, 7) is 1.14. The third kappa shape index (κ3) is 2.53. The van der Waals surface area contributed by atoms with Crippen molar-refractivity contribution >= 4 is 11.7 Å². The molecule has 1 aromatic carbocycles. The fraction of sp³-hybridized carbons (Fsp3) is 0.417. The van der Waals surface area contributed by atoms with Crippen LogP contribution in [0.3, 0.4) is 0 Å². The van der Waals surface area contributed by atoms with Crippen LogP contribution in [0.2, 0.25) is 0 Å². The van der Waals surface area contributed by atoms with Crippen LogP contribution in [-0.4, -0.2) is 36.8 Å². The van der Waals surface area contributed by atoms with E-state index in [-0.39, 0.29) is 12.2 Å². The van der Waals surface area contributed by atoms with Crippen LogP contribution in [0.15, 0.2) is 18.2 Å². The predicted octanol–water partition coefficient (Wildman–Crippen LogP) is 1.06. The lowest BCUT2D eigenvalue weighted by Gasteiger charge is -2.43. The summed E-state index contributed by atoms with van der Waals surface area (Å²) >= 11 is 0. The molecule has 98 valence electrons. The van der Waals surface area contributed by atoms with E-state index >= 15 is 0 Å². The maximum Gasteiger partial charge on any atom is 0.305 e. The van der Waals surface area contributed by atoms with Gasteiger partial charge in [0, 0.05) is 24.8 Å². The summed E-state index contributed by atoms with van der Waals surface area (Å²) in [5, 5.41) is 15.1. The number of hydrogen-bond acceptors (Lipinski definition) is 4. The van der Waals surface area contributed by atoms with Crippen LogP contribution in [-0.2, 0) is 4.79 Å². The van der Waals surface area contributed by atoms with Crippen LogP contribution < -0.4 is 15.4 Å². The average Bonchev–Trinajstić information content (AvgIpc) is 2.28. The molecule has 0 unspecified atom stereocenters. The largest absolute Gasteiger partial charge is 0.494 e. The van der Waals surface area contributed by atoms with E-state index < -0.39 is 17.3 Å². The molecular weight excluding hydrogens is 239 g/mol. The number of benzene rings is 1. The fourth-order valence-electron chi connectivity index (χ4n) is 2.02. The summed E-state index contributed by atoms with van der Waals surface area (Å²) in [5.74, 6) is -1.17.